The third-order valence-electron chi connectivity index (χ3n) is 2.75. The van der Waals surface area contributed by atoms with Crippen molar-refractivity contribution in [2.45, 2.75) is 71.1 Å². The van der Waals surface area contributed by atoms with Crippen molar-refractivity contribution in [3.8, 4) is 0 Å². The highest BCUT2D eigenvalue weighted by Gasteiger charge is 2.04. The topological polar surface area (TPSA) is 54.0 Å². The molecule has 0 heterocycles. The summed E-state index contributed by atoms with van der Waals surface area (Å²) in [4.78, 5) is 0. The van der Waals surface area contributed by atoms with Crippen LogP contribution < -0.4 is 0 Å². The van der Waals surface area contributed by atoms with Crippen LogP contribution in [0.5, 0.6) is 0 Å². The van der Waals surface area contributed by atoms with Crippen LogP contribution in [0, 0.1) is 0 Å². The number of hydrogen-bond donors (Lipinski definition) is 0. The van der Waals surface area contributed by atoms with Gasteiger partial charge in [0.05, 0.1) is 5.75 Å². The molecule has 0 spiro atoms. The Labute approximate surface area is 100 Å². The van der Waals surface area contributed by atoms with Crippen molar-refractivity contribution < 1.29 is 13.0 Å². The van der Waals surface area contributed by atoms with Crippen LogP contribution in [0.4, 0.5) is 0 Å². The summed E-state index contributed by atoms with van der Waals surface area (Å²) in [5, 5.41) is 0. The van der Waals surface area contributed by atoms with Crippen LogP contribution in [0.3, 0.4) is 0 Å². The fraction of sp³-hybridized carbons (Fsp3) is 1.00. The van der Waals surface area contributed by atoms with Crippen LogP contribution >= 0.6 is 0 Å². The normalized spacial score (nSPS) is 11.9. The lowest BCUT2D eigenvalue weighted by atomic mass is 10.1. The van der Waals surface area contributed by atoms with E-state index in [4.69, 9.17) is 0 Å². The summed E-state index contributed by atoms with van der Waals surface area (Å²) >= 11 is 0. The van der Waals surface area contributed by atoms with Gasteiger partial charge in [0, 0.05) is 0 Å². The molecule has 1 radical (unpaired) electrons. The minimum Gasteiger partial charge on any atom is -0.197 e. The van der Waals surface area contributed by atoms with Gasteiger partial charge in [-0.25, -0.2) is 0 Å². The summed E-state index contributed by atoms with van der Waals surface area (Å²) in [6, 6.07) is 0. The minimum atomic E-state index is -3.98. The highest BCUT2D eigenvalue weighted by Crippen LogP contribution is 2.10. The van der Waals surface area contributed by atoms with E-state index in [9.17, 15) is 13.0 Å². The van der Waals surface area contributed by atoms with Gasteiger partial charge in [0.2, 0.25) is 0 Å². The van der Waals surface area contributed by atoms with Gasteiger partial charge in [-0.2, -0.15) is 8.42 Å². The SMILES string of the molecule is CCCCCCCCCCCCS([O])(=O)=O. The average molecular weight is 249 g/mol. The van der Waals surface area contributed by atoms with Gasteiger partial charge in [0.1, 0.15) is 0 Å². The molecule has 0 unspecified atom stereocenters. The second kappa shape index (κ2) is 10.1. The molecule has 0 fully saturated rings. The molecule has 0 bridgehead atoms. The van der Waals surface area contributed by atoms with Crippen molar-refractivity contribution >= 4 is 10.1 Å². The van der Waals surface area contributed by atoms with Gasteiger partial charge in [-0.05, 0) is 6.42 Å². The monoisotopic (exact) mass is 249 g/mol. The van der Waals surface area contributed by atoms with Crippen molar-refractivity contribution in [3.05, 3.63) is 0 Å². The molecular weight excluding hydrogens is 224 g/mol. The molecule has 16 heavy (non-hydrogen) atoms. The average Bonchev–Trinajstić information content (AvgIpc) is 2.19. The van der Waals surface area contributed by atoms with E-state index in [-0.39, 0.29) is 5.75 Å². The van der Waals surface area contributed by atoms with Crippen LogP contribution in [0.2, 0.25) is 0 Å². The lowest BCUT2D eigenvalue weighted by molar-refractivity contribution is 0.412. The molecule has 0 aliphatic rings. The van der Waals surface area contributed by atoms with E-state index in [1.54, 1.807) is 0 Å². The molecule has 0 rings (SSSR count). The first-order valence-corrected chi connectivity index (χ1v) is 8.07. The maximum Gasteiger partial charge on any atom is 0.294 e. The fourth-order valence-corrected chi connectivity index (χ4v) is 2.32. The van der Waals surface area contributed by atoms with Gasteiger partial charge < -0.3 is 0 Å². The van der Waals surface area contributed by atoms with Crippen molar-refractivity contribution in [1.29, 1.82) is 0 Å². The molecule has 0 aromatic heterocycles. The molecule has 0 aromatic rings. The maximum atomic E-state index is 10.3. The Morgan fingerprint density at radius 2 is 1.06 bits per heavy atom. The zero-order chi connectivity index (χ0) is 12.3. The summed E-state index contributed by atoms with van der Waals surface area (Å²) in [6.07, 6.45) is 11.4. The van der Waals surface area contributed by atoms with Gasteiger partial charge in [-0.15, -0.1) is 0 Å². The first-order chi connectivity index (χ1) is 7.56. The van der Waals surface area contributed by atoms with Crippen LogP contribution in [0.1, 0.15) is 71.1 Å². The van der Waals surface area contributed by atoms with Crippen molar-refractivity contribution in [2.75, 3.05) is 5.75 Å². The third-order valence-corrected chi connectivity index (χ3v) is 3.54. The van der Waals surface area contributed by atoms with E-state index in [0.29, 0.717) is 6.42 Å². The predicted octanol–water partition coefficient (Wildman–Crippen LogP) is 3.67. The van der Waals surface area contributed by atoms with E-state index in [2.05, 4.69) is 6.92 Å². The first-order valence-electron chi connectivity index (χ1n) is 6.50. The first kappa shape index (κ1) is 15.9. The van der Waals surface area contributed by atoms with Crippen LogP contribution in [-0.2, 0) is 14.7 Å². The maximum absolute atomic E-state index is 10.3. The second-order valence-electron chi connectivity index (χ2n) is 4.44. The van der Waals surface area contributed by atoms with Crippen molar-refractivity contribution in [2.24, 2.45) is 0 Å². The lowest BCUT2D eigenvalue weighted by Gasteiger charge is -2.01. The molecule has 0 aromatic carbocycles. The van der Waals surface area contributed by atoms with E-state index >= 15 is 0 Å². The van der Waals surface area contributed by atoms with Crippen LogP contribution in [0.15, 0.2) is 0 Å². The van der Waals surface area contributed by atoms with E-state index in [1.807, 2.05) is 0 Å². The Balaban J connectivity index is 3.05. The second-order valence-corrected chi connectivity index (χ2v) is 5.97. The Morgan fingerprint density at radius 3 is 1.44 bits per heavy atom. The standard InChI is InChI=1S/C12H25O3S/c1-2-3-4-5-6-7-8-9-10-11-12-16(13,14)15/h2-12H2,1H3. The number of unbranched alkanes of at least 4 members (excludes halogenated alkanes) is 9. The molecular formula is C12H25O3S. The zero-order valence-corrected chi connectivity index (χ0v) is 11.2. The largest absolute Gasteiger partial charge is 0.294 e. The Kier molecular flexibility index (Phi) is 10.0. The van der Waals surface area contributed by atoms with Crippen LogP contribution in [-0.4, -0.2) is 14.2 Å². The summed E-state index contributed by atoms with van der Waals surface area (Å²) in [6.45, 7) is 2.21. The highest BCUT2D eigenvalue weighted by molar-refractivity contribution is 7.85. The van der Waals surface area contributed by atoms with Crippen LogP contribution in [0.25, 0.3) is 0 Å². The number of hydrogen-bond acceptors (Lipinski definition) is 2. The zero-order valence-electron chi connectivity index (χ0n) is 10.4. The van der Waals surface area contributed by atoms with Crippen molar-refractivity contribution in [1.82, 2.24) is 0 Å². The van der Waals surface area contributed by atoms with Gasteiger partial charge in [-0.1, -0.05) is 69.3 Å². The molecule has 0 aliphatic heterocycles. The fourth-order valence-electron chi connectivity index (χ4n) is 1.77. The molecule has 97 valence electrons. The molecule has 0 saturated heterocycles. The van der Waals surface area contributed by atoms with E-state index in [0.717, 1.165) is 12.8 Å². The van der Waals surface area contributed by atoms with Gasteiger partial charge in [-0.3, -0.25) is 0 Å². The number of rotatable bonds is 11. The minimum absolute atomic E-state index is 0.191. The molecule has 4 heteroatoms. The van der Waals surface area contributed by atoms with Gasteiger partial charge >= 0.3 is 0 Å². The predicted molar refractivity (Wildman–Crippen MR) is 66.3 cm³/mol. The molecule has 0 atom stereocenters. The highest BCUT2D eigenvalue weighted by atomic mass is 32.2. The molecule has 0 amide bonds. The van der Waals surface area contributed by atoms with Gasteiger partial charge in [0.15, 0.2) is 0 Å². The molecule has 0 aliphatic carbocycles. The van der Waals surface area contributed by atoms with Gasteiger partial charge in [0.25, 0.3) is 10.1 Å². The summed E-state index contributed by atoms with van der Waals surface area (Å²) < 4.78 is 30.9. The van der Waals surface area contributed by atoms with E-state index < -0.39 is 10.1 Å². The van der Waals surface area contributed by atoms with E-state index in [1.165, 1.54) is 44.9 Å². The Morgan fingerprint density at radius 1 is 0.688 bits per heavy atom. The van der Waals surface area contributed by atoms with Crippen molar-refractivity contribution in [3.63, 3.8) is 0 Å². The molecule has 3 nitrogen and oxygen atoms in total. The summed E-state index contributed by atoms with van der Waals surface area (Å²) in [5.74, 6) is -0.191. The quantitative estimate of drug-likeness (QED) is 0.525. The smallest absolute Gasteiger partial charge is 0.197 e. The summed E-state index contributed by atoms with van der Waals surface area (Å²) in [5.41, 5.74) is 0. The molecule has 0 saturated carbocycles. The Bertz CT molecular complexity index is 235. The Hall–Kier alpha value is -0.0900. The lowest BCUT2D eigenvalue weighted by Crippen LogP contribution is -2.01. The third kappa shape index (κ3) is 13.9. The summed E-state index contributed by atoms with van der Waals surface area (Å²) in [7, 11) is -3.98. The molecule has 0 N–H and O–H groups in total.